The molecule has 2 heteroatoms. The first kappa shape index (κ1) is 18.5. The van der Waals surface area contributed by atoms with Gasteiger partial charge in [-0.2, -0.15) is 0 Å². The van der Waals surface area contributed by atoms with E-state index in [0.717, 1.165) is 11.4 Å². The molecule has 142 valence electrons. The Morgan fingerprint density at radius 2 is 1.46 bits per heavy atom. The molecule has 2 aliphatic rings. The molecule has 0 bridgehead atoms. The Morgan fingerprint density at radius 3 is 2.18 bits per heavy atom. The maximum Gasteiger partial charge on any atom is 0.0674 e. The van der Waals surface area contributed by atoms with Crippen LogP contribution >= 0.6 is 0 Å². The normalized spacial score (nSPS) is 20.8. The average molecular weight is 369 g/mol. The fraction of sp³-hybridized carbons (Fsp3) is 0.269. The third-order valence-corrected chi connectivity index (χ3v) is 6.13. The molecule has 0 saturated heterocycles. The van der Waals surface area contributed by atoms with E-state index in [4.69, 9.17) is 4.99 Å². The molecule has 4 rings (SSSR count). The summed E-state index contributed by atoms with van der Waals surface area (Å²) >= 11 is 0. The van der Waals surface area contributed by atoms with Crippen LogP contribution in [0.2, 0.25) is 0 Å². The van der Waals surface area contributed by atoms with Crippen molar-refractivity contribution in [3.05, 3.63) is 95.7 Å². The monoisotopic (exact) mass is 368 g/mol. The Balaban J connectivity index is 1.53. The van der Waals surface area contributed by atoms with Crippen molar-refractivity contribution in [1.29, 1.82) is 0 Å². The first-order valence-electron chi connectivity index (χ1n) is 9.91. The second-order valence-electron chi connectivity index (χ2n) is 8.64. The molecule has 0 unspecified atom stereocenters. The van der Waals surface area contributed by atoms with E-state index in [0.29, 0.717) is 0 Å². The highest BCUT2D eigenvalue weighted by Crippen LogP contribution is 2.46. The minimum Gasteiger partial charge on any atom is -0.347 e. The quantitative estimate of drug-likeness (QED) is 0.567. The molecule has 28 heavy (non-hydrogen) atoms. The van der Waals surface area contributed by atoms with E-state index in [1.54, 1.807) is 0 Å². The lowest BCUT2D eigenvalue weighted by Gasteiger charge is -2.23. The summed E-state index contributed by atoms with van der Waals surface area (Å²) in [5.74, 6) is 0. The van der Waals surface area contributed by atoms with Crippen molar-refractivity contribution in [2.45, 2.75) is 38.5 Å². The lowest BCUT2D eigenvalue weighted by molar-refractivity contribution is 0.640. The third kappa shape index (κ3) is 2.84. The summed E-state index contributed by atoms with van der Waals surface area (Å²) in [6.07, 6.45) is 10.7. The number of aliphatic imine (C=N–C) groups is 1. The predicted molar refractivity (Wildman–Crippen MR) is 121 cm³/mol. The summed E-state index contributed by atoms with van der Waals surface area (Å²) in [6, 6.07) is 17.1. The van der Waals surface area contributed by atoms with Crippen molar-refractivity contribution >= 4 is 17.1 Å². The standard InChI is InChI=1S/C26H28N2/c1-25(2)19-13-9-11-15-21(19)27-23(25)17-7-6-8-18-24-26(3,4)20-14-10-12-16-22(20)28(24)5/h6-18H,1-5H3/b8-6+,17-7+,24-18+. The van der Waals surface area contributed by atoms with Crippen LogP contribution in [0.3, 0.4) is 0 Å². The fourth-order valence-corrected chi connectivity index (χ4v) is 4.41. The van der Waals surface area contributed by atoms with Gasteiger partial charge >= 0.3 is 0 Å². The SMILES string of the molecule is CN1/C(=C/C=C/C=C/C2=Nc3ccccc3C2(C)C)C(C)(C)c2ccccc21. The summed E-state index contributed by atoms with van der Waals surface area (Å²) in [4.78, 5) is 7.11. The van der Waals surface area contributed by atoms with Gasteiger partial charge in [0.05, 0.1) is 11.4 Å². The summed E-state index contributed by atoms with van der Waals surface area (Å²) in [7, 11) is 2.15. The number of fused-ring (bicyclic) bond motifs is 2. The summed E-state index contributed by atoms with van der Waals surface area (Å²) in [5, 5.41) is 0. The number of para-hydroxylation sites is 2. The van der Waals surface area contributed by atoms with E-state index in [-0.39, 0.29) is 10.8 Å². The molecule has 2 nitrogen and oxygen atoms in total. The molecule has 0 aromatic heterocycles. The number of likely N-dealkylation sites (N-methyl/N-ethyl adjacent to an activating group) is 1. The van der Waals surface area contributed by atoms with Gasteiger partial charge in [0.2, 0.25) is 0 Å². The minimum absolute atomic E-state index is 0.0125. The van der Waals surface area contributed by atoms with Crippen LogP contribution in [0.4, 0.5) is 11.4 Å². The zero-order valence-corrected chi connectivity index (χ0v) is 17.4. The van der Waals surface area contributed by atoms with Gasteiger partial charge in [-0.25, -0.2) is 0 Å². The van der Waals surface area contributed by atoms with Gasteiger partial charge in [-0.15, -0.1) is 0 Å². The topological polar surface area (TPSA) is 15.6 Å². The van der Waals surface area contributed by atoms with Crippen molar-refractivity contribution < 1.29 is 0 Å². The molecule has 0 fully saturated rings. The van der Waals surface area contributed by atoms with Gasteiger partial charge in [0, 0.05) is 29.3 Å². The van der Waals surface area contributed by atoms with E-state index in [2.05, 4.69) is 119 Å². The predicted octanol–water partition coefficient (Wildman–Crippen LogP) is 6.47. The molecular weight excluding hydrogens is 340 g/mol. The van der Waals surface area contributed by atoms with Crippen LogP contribution in [0, 0.1) is 0 Å². The van der Waals surface area contributed by atoms with E-state index in [9.17, 15) is 0 Å². The third-order valence-electron chi connectivity index (χ3n) is 6.13. The van der Waals surface area contributed by atoms with E-state index in [1.165, 1.54) is 22.5 Å². The van der Waals surface area contributed by atoms with Crippen molar-refractivity contribution in [1.82, 2.24) is 0 Å². The Hall–Kier alpha value is -2.87. The summed E-state index contributed by atoms with van der Waals surface area (Å²) < 4.78 is 0. The van der Waals surface area contributed by atoms with Gasteiger partial charge in [-0.3, -0.25) is 4.99 Å². The van der Waals surface area contributed by atoms with Crippen molar-refractivity contribution in [3.8, 4) is 0 Å². The molecular formula is C26H28N2. The Labute approximate surface area is 168 Å². The zero-order valence-electron chi connectivity index (χ0n) is 17.4. The maximum atomic E-state index is 4.81. The lowest BCUT2D eigenvalue weighted by Crippen LogP contribution is -2.23. The Morgan fingerprint density at radius 1 is 0.786 bits per heavy atom. The molecule has 2 aromatic carbocycles. The molecule has 0 saturated carbocycles. The number of allylic oxidation sites excluding steroid dienone is 6. The molecule has 0 spiro atoms. The van der Waals surface area contributed by atoms with Crippen LogP contribution in [0.25, 0.3) is 0 Å². The van der Waals surface area contributed by atoms with Gasteiger partial charge < -0.3 is 4.90 Å². The van der Waals surface area contributed by atoms with Crippen LogP contribution in [0.1, 0.15) is 38.8 Å². The minimum atomic E-state index is -0.0469. The average Bonchev–Trinajstić information content (AvgIpc) is 3.04. The van der Waals surface area contributed by atoms with Gasteiger partial charge in [0.25, 0.3) is 0 Å². The molecule has 2 heterocycles. The zero-order chi connectivity index (χ0) is 19.9. The Bertz CT molecular complexity index is 1030. The van der Waals surface area contributed by atoms with Crippen molar-refractivity contribution in [2.75, 3.05) is 11.9 Å². The fourth-order valence-electron chi connectivity index (χ4n) is 4.41. The van der Waals surface area contributed by atoms with Crippen LogP contribution in [-0.4, -0.2) is 12.8 Å². The smallest absolute Gasteiger partial charge is 0.0674 e. The lowest BCUT2D eigenvalue weighted by atomic mass is 9.81. The largest absolute Gasteiger partial charge is 0.347 e. The second-order valence-corrected chi connectivity index (χ2v) is 8.64. The number of hydrogen-bond acceptors (Lipinski definition) is 2. The molecule has 0 radical (unpaired) electrons. The molecule has 2 aliphatic heterocycles. The van der Waals surface area contributed by atoms with Crippen LogP contribution in [0.5, 0.6) is 0 Å². The van der Waals surface area contributed by atoms with E-state index in [1.807, 2.05) is 0 Å². The first-order valence-corrected chi connectivity index (χ1v) is 9.91. The molecule has 0 atom stereocenters. The number of benzene rings is 2. The second kappa shape index (κ2) is 6.63. The van der Waals surface area contributed by atoms with Gasteiger partial charge in [0.1, 0.15) is 0 Å². The number of nitrogens with zero attached hydrogens (tertiary/aromatic N) is 2. The molecule has 0 aliphatic carbocycles. The summed E-state index contributed by atoms with van der Waals surface area (Å²) in [5.41, 5.74) is 7.45. The molecule has 2 aromatic rings. The van der Waals surface area contributed by atoms with Gasteiger partial charge in [-0.1, -0.05) is 82.3 Å². The molecule has 0 N–H and O–H groups in total. The summed E-state index contributed by atoms with van der Waals surface area (Å²) in [6.45, 7) is 9.05. The van der Waals surface area contributed by atoms with Crippen molar-refractivity contribution in [3.63, 3.8) is 0 Å². The molecule has 0 amide bonds. The highest BCUT2D eigenvalue weighted by molar-refractivity contribution is 6.08. The maximum absolute atomic E-state index is 4.81. The van der Waals surface area contributed by atoms with Crippen LogP contribution in [-0.2, 0) is 10.8 Å². The van der Waals surface area contributed by atoms with E-state index >= 15 is 0 Å². The van der Waals surface area contributed by atoms with Crippen LogP contribution in [0.15, 0.2) is 89.6 Å². The highest BCUT2D eigenvalue weighted by atomic mass is 15.2. The van der Waals surface area contributed by atoms with Gasteiger partial charge in [-0.05, 0) is 35.4 Å². The van der Waals surface area contributed by atoms with Crippen molar-refractivity contribution in [2.24, 2.45) is 4.99 Å². The van der Waals surface area contributed by atoms with Gasteiger partial charge in [0.15, 0.2) is 0 Å². The Kier molecular flexibility index (Phi) is 4.38. The number of anilines is 1. The first-order chi connectivity index (χ1) is 13.3. The highest BCUT2D eigenvalue weighted by Gasteiger charge is 2.37. The van der Waals surface area contributed by atoms with E-state index < -0.39 is 0 Å². The number of hydrogen-bond donors (Lipinski definition) is 0. The number of rotatable bonds is 3. The van der Waals surface area contributed by atoms with Crippen LogP contribution < -0.4 is 4.90 Å².